The zero-order chi connectivity index (χ0) is 18.3. The Morgan fingerprint density at radius 2 is 2.00 bits per heavy atom. The molecule has 0 unspecified atom stereocenters. The molecule has 8 heteroatoms. The van der Waals surface area contributed by atoms with E-state index in [1.165, 1.54) is 11.6 Å². The summed E-state index contributed by atoms with van der Waals surface area (Å²) in [5, 5.41) is 0. The van der Waals surface area contributed by atoms with Gasteiger partial charge < -0.3 is 15.2 Å². The highest BCUT2D eigenvalue weighted by atomic mass is 16.2. The van der Waals surface area contributed by atoms with E-state index in [2.05, 4.69) is 16.0 Å². The molecule has 0 spiro atoms. The number of aromatic nitrogens is 4. The van der Waals surface area contributed by atoms with Crippen molar-refractivity contribution in [2.24, 2.45) is 19.8 Å². The van der Waals surface area contributed by atoms with Crippen molar-refractivity contribution < 1.29 is 0 Å². The largest absolute Gasteiger partial charge is 0.338 e. The van der Waals surface area contributed by atoms with Crippen molar-refractivity contribution in [2.75, 3.05) is 18.0 Å². The lowest BCUT2D eigenvalue weighted by atomic mass is 10.2. The van der Waals surface area contributed by atoms with Crippen molar-refractivity contribution in [1.82, 2.24) is 18.7 Å². The molecule has 1 fully saturated rings. The van der Waals surface area contributed by atoms with E-state index < -0.39 is 0 Å². The number of allylic oxidation sites excluding steroid dienone is 2. The average Bonchev–Trinajstić information content (AvgIpc) is 3.19. The van der Waals surface area contributed by atoms with Crippen LogP contribution in [-0.4, -0.2) is 37.8 Å². The van der Waals surface area contributed by atoms with Crippen LogP contribution in [0, 0.1) is 0 Å². The first kappa shape index (κ1) is 17.5. The predicted molar refractivity (Wildman–Crippen MR) is 99.1 cm³/mol. The van der Waals surface area contributed by atoms with Gasteiger partial charge in [0.25, 0.3) is 5.56 Å². The third-order valence-corrected chi connectivity index (χ3v) is 4.92. The number of anilines is 1. The van der Waals surface area contributed by atoms with Crippen LogP contribution in [0.4, 0.5) is 5.95 Å². The lowest BCUT2D eigenvalue weighted by molar-refractivity contribution is 0.649. The minimum absolute atomic E-state index is 0.211. The quantitative estimate of drug-likeness (QED) is 0.806. The third kappa shape index (κ3) is 2.80. The van der Waals surface area contributed by atoms with Crippen LogP contribution in [0.15, 0.2) is 21.2 Å². The van der Waals surface area contributed by atoms with Gasteiger partial charge in [-0.2, -0.15) is 4.98 Å². The van der Waals surface area contributed by atoms with Crippen LogP contribution in [0.2, 0.25) is 0 Å². The average molecular weight is 346 g/mol. The number of nitrogens with two attached hydrogens (primary N) is 1. The van der Waals surface area contributed by atoms with Gasteiger partial charge in [0.15, 0.2) is 11.2 Å². The van der Waals surface area contributed by atoms with Gasteiger partial charge in [-0.25, -0.2) is 4.79 Å². The highest BCUT2D eigenvalue weighted by Gasteiger charge is 2.29. The van der Waals surface area contributed by atoms with Gasteiger partial charge in [0.05, 0.1) is 0 Å². The molecule has 0 radical (unpaired) electrons. The highest BCUT2D eigenvalue weighted by Crippen LogP contribution is 2.27. The van der Waals surface area contributed by atoms with Crippen LogP contribution >= 0.6 is 0 Å². The van der Waals surface area contributed by atoms with Gasteiger partial charge in [-0.1, -0.05) is 11.6 Å². The van der Waals surface area contributed by atoms with Crippen molar-refractivity contribution in [2.45, 2.75) is 39.3 Å². The van der Waals surface area contributed by atoms with Crippen LogP contribution in [0.3, 0.4) is 0 Å². The van der Waals surface area contributed by atoms with Crippen LogP contribution in [0.1, 0.15) is 26.7 Å². The Morgan fingerprint density at radius 1 is 1.28 bits per heavy atom. The maximum absolute atomic E-state index is 12.8. The van der Waals surface area contributed by atoms with Gasteiger partial charge in [-0.3, -0.25) is 13.9 Å². The smallest absolute Gasteiger partial charge is 0.332 e. The second-order valence-electron chi connectivity index (χ2n) is 6.91. The summed E-state index contributed by atoms with van der Waals surface area (Å²) >= 11 is 0. The fraction of sp³-hybridized carbons (Fsp3) is 0.588. The molecule has 0 aliphatic carbocycles. The molecule has 0 bridgehead atoms. The molecule has 25 heavy (non-hydrogen) atoms. The topological polar surface area (TPSA) is 91.1 Å². The zero-order valence-electron chi connectivity index (χ0n) is 15.3. The molecule has 1 saturated heterocycles. The van der Waals surface area contributed by atoms with Gasteiger partial charge in [0, 0.05) is 39.8 Å². The van der Waals surface area contributed by atoms with Crippen LogP contribution in [-0.2, 0) is 20.6 Å². The Labute approximate surface area is 146 Å². The highest BCUT2D eigenvalue weighted by molar-refractivity contribution is 5.75. The number of aryl methyl sites for hydroxylation is 1. The molecule has 1 aliphatic rings. The summed E-state index contributed by atoms with van der Waals surface area (Å²) in [5.74, 6) is 0.721. The maximum atomic E-state index is 12.8. The normalized spacial score (nSPS) is 17.5. The van der Waals surface area contributed by atoms with Crippen LogP contribution in [0.25, 0.3) is 11.2 Å². The van der Waals surface area contributed by atoms with Crippen molar-refractivity contribution in [3.05, 3.63) is 32.5 Å². The fourth-order valence-corrected chi connectivity index (χ4v) is 3.45. The monoisotopic (exact) mass is 346 g/mol. The summed E-state index contributed by atoms with van der Waals surface area (Å²) in [6.45, 7) is 5.98. The molecule has 2 aromatic heterocycles. The Morgan fingerprint density at radius 3 is 2.64 bits per heavy atom. The van der Waals surface area contributed by atoms with Crippen molar-refractivity contribution in [1.29, 1.82) is 0 Å². The number of imidazole rings is 1. The summed E-state index contributed by atoms with van der Waals surface area (Å²) in [7, 11) is 3.15. The lowest BCUT2D eigenvalue weighted by Crippen LogP contribution is -2.38. The molecule has 136 valence electrons. The SMILES string of the molecule is CC(C)=CCn1c(N2CCC[C@H]2CN)nc2c1c(=O)n(C)c(=O)n2C. The van der Waals surface area contributed by atoms with E-state index in [9.17, 15) is 9.59 Å². The summed E-state index contributed by atoms with van der Waals surface area (Å²) in [4.78, 5) is 31.9. The fourth-order valence-electron chi connectivity index (χ4n) is 3.45. The van der Waals surface area contributed by atoms with Crippen molar-refractivity contribution >= 4 is 17.1 Å². The summed E-state index contributed by atoms with van der Waals surface area (Å²) in [6, 6.07) is 0.211. The summed E-state index contributed by atoms with van der Waals surface area (Å²) in [5.41, 5.74) is 7.28. The number of hydrogen-bond donors (Lipinski definition) is 1. The van der Waals surface area contributed by atoms with E-state index in [4.69, 9.17) is 5.73 Å². The second-order valence-corrected chi connectivity index (χ2v) is 6.91. The number of hydrogen-bond acceptors (Lipinski definition) is 5. The van der Waals surface area contributed by atoms with E-state index in [0.717, 1.165) is 35.5 Å². The van der Waals surface area contributed by atoms with Gasteiger partial charge in [0.2, 0.25) is 5.95 Å². The third-order valence-electron chi connectivity index (χ3n) is 4.92. The van der Waals surface area contributed by atoms with E-state index in [-0.39, 0.29) is 17.3 Å². The molecule has 3 rings (SSSR count). The van der Waals surface area contributed by atoms with E-state index >= 15 is 0 Å². The Bertz CT molecular complexity index is 945. The van der Waals surface area contributed by atoms with Crippen LogP contribution < -0.4 is 21.9 Å². The van der Waals surface area contributed by atoms with E-state index in [1.54, 1.807) is 7.05 Å². The molecule has 8 nitrogen and oxygen atoms in total. The first-order chi connectivity index (χ1) is 11.9. The number of fused-ring (bicyclic) bond motifs is 1. The van der Waals surface area contributed by atoms with Crippen LogP contribution in [0.5, 0.6) is 0 Å². The van der Waals surface area contributed by atoms with Gasteiger partial charge in [-0.15, -0.1) is 0 Å². The predicted octanol–water partition coefficient (Wildman–Crippen LogP) is 0.327. The first-order valence-electron chi connectivity index (χ1n) is 8.63. The van der Waals surface area contributed by atoms with E-state index in [0.29, 0.717) is 24.3 Å². The van der Waals surface area contributed by atoms with E-state index in [1.807, 2.05) is 18.4 Å². The first-order valence-corrected chi connectivity index (χ1v) is 8.63. The summed E-state index contributed by atoms with van der Waals surface area (Å²) in [6.07, 6.45) is 4.12. The molecular weight excluding hydrogens is 320 g/mol. The molecule has 2 N–H and O–H groups in total. The Balaban J connectivity index is 2.32. The summed E-state index contributed by atoms with van der Waals surface area (Å²) < 4.78 is 4.49. The van der Waals surface area contributed by atoms with Crippen molar-refractivity contribution in [3.8, 4) is 0 Å². The standard InChI is InChI=1S/C17H26N6O2/c1-11(2)7-9-23-13-14(20(3)17(25)21(4)15(13)24)19-16(23)22-8-5-6-12(22)10-18/h7,12H,5-6,8-10,18H2,1-4H3/t12-/m0/s1. The Hall–Kier alpha value is -2.35. The molecule has 1 aliphatic heterocycles. The minimum atomic E-state index is -0.368. The van der Waals surface area contributed by atoms with Gasteiger partial charge >= 0.3 is 5.69 Å². The molecule has 0 saturated carbocycles. The number of nitrogens with zero attached hydrogens (tertiary/aromatic N) is 5. The van der Waals surface area contributed by atoms with Gasteiger partial charge in [-0.05, 0) is 26.7 Å². The lowest BCUT2D eigenvalue weighted by Gasteiger charge is -2.25. The molecule has 3 heterocycles. The molecule has 1 atom stereocenters. The van der Waals surface area contributed by atoms with Crippen molar-refractivity contribution in [3.63, 3.8) is 0 Å². The maximum Gasteiger partial charge on any atom is 0.332 e. The molecule has 0 amide bonds. The number of rotatable bonds is 4. The van der Waals surface area contributed by atoms with Gasteiger partial charge in [0.1, 0.15) is 0 Å². The molecule has 0 aromatic carbocycles. The Kier molecular flexibility index (Phi) is 4.55. The second kappa shape index (κ2) is 6.51. The zero-order valence-corrected chi connectivity index (χ0v) is 15.3. The molecule has 2 aromatic rings. The molecular formula is C17H26N6O2. The minimum Gasteiger partial charge on any atom is -0.338 e.